The molecule has 0 aromatic heterocycles. The number of halogens is 2. The van der Waals surface area contributed by atoms with Crippen molar-refractivity contribution in [1.29, 1.82) is 0 Å². The summed E-state index contributed by atoms with van der Waals surface area (Å²) < 4.78 is 1.70. The third-order valence-electron chi connectivity index (χ3n) is 3.53. The molecule has 0 radical (unpaired) electrons. The van der Waals surface area contributed by atoms with Crippen molar-refractivity contribution < 1.29 is 9.59 Å². The largest absolute Gasteiger partial charge is 0.303 e. The SMILES string of the molecule is CCN(CC)CCN1C(=O)C(=O)c2c(Br)cc(I)cc21. The van der Waals surface area contributed by atoms with Crippen molar-refractivity contribution in [2.24, 2.45) is 0 Å². The molecular weight excluding hydrogens is 435 g/mol. The number of benzene rings is 1. The number of amides is 1. The first-order valence-corrected chi connectivity index (χ1v) is 8.44. The highest BCUT2D eigenvalue weighted by atomic mass is 127. The second kappa shape index (κ2) is 6.53. The van der Waals surface area contributed by atoms with Gasteiger partial charge in [-0.15, -0.1) is 0 Å². The molecule has 1 aromatic carbocycles. The molecule has 1 amide bonds. The number of carbonyl (C=O) groups is 2. The number of anilines is 1. The first-order chi connectivity index (χ1) is 9.49. The van der Waals surface area contributed by atoms with Crippen LogP contribution in [-0.4, -0.2) is 42.8 Å². The number of carbonyl (C=O) groups excluding carboxylic acids is 2. The molecule has 1 aliphatic heterocycles. The van der Waals surface area contributed by atoms with Gasteiger partial charge in [-0.3, -0.25) is 9.59 Å². The van der Waals surface area contributed by atoms with Gasteiger partial charge in [-0.05, 0) is 63.7 Å². The minimum Gasteiger partial charge on any atom is -0.303 e. The van der Waals surface area contributed by atoms with Crippen LogP contribution in [0.2, 0.25) is 0 Å². The van der Waals surface area contributed by atoms with Crippen molar-refractivity contribution in [1.82, 2.24) is 4.90 Å². The Bertz CT molecular complexity index is 558. The fraction of sp³-hybridized carbons (Fsp3) is 0.429. The molecule has 2 rings (SSSR count). The average molecular weight is 451 g/mol. The second-order valence-electron chi connectivity index (χ2n) is 4.59. The van der Waals surface area contributed by atoms with E-state index >= 15 is 0 Å². The number of rotatable bonds is 5. The van der Waals surface area contributed by atoms with E-state index in [1.54, 1.807) is 4.90 Å². The van der Waals surface area contributed by atoms with Crippen molar-refractivity contribution in [2.45, 2.75) is 13.8 Å². The molecule has 0 N–H and O–H groups in total. The van der Waals surface area contributed by atoms with Crippen LogP contribution < -0.4 is 4.90 Å². The molecule has 1 aliphatic rings. The summed E-state index contributed by atoms with van der Waals surface area (Å²) in [7, 11) is 0. The van der Waals surface area contributed by atoms with Gasteiger partial charge in [-0.2, -0.15) is 0 Å². The normalized spacial score (nSPS) is 14.3. The van der Waals surface area contributed by atoms with E-state index in [0.717, 1.165) is 28.9 Å². The van der Waals surface area contributed by atoms with Gasteiger partial charge < -0.3 is 9.80 Å². The van der Waals surface area contributed by atoms with E-state index in [4.69, 9.17) is 0 Å². The summed E-state index contributed by atoms with van der Waals surface area (Å²) in [6, 6.07) is 3.75. The van der Waals surface area contributed by atoms with Crippen LogP contribution in [0.3, 0.4) is 0 Å². The van der Waals surface area contributed by atoms with Gasteiger partial charge in [0.25, 0.3) is 11.7 Å². The van der Waals surface area contributed by atoms with E-state index in [-0.39, 0.29) is 0 Å². The van der Waals surface area contributed by atoms with Gasteiger partial charge in [-0.25, -0.2) is 0 Å². The van der Waals surface area contributed by atoms with Gasteiger partial charge in [0.15, 0.2) is 0 Å². The number of nitrogens with zero attached hydrogens (tertiary/aromatic N) is 2. The molecule has 0 bridgehead atoms. The lowest BCUT2D eigenvalue weighted by Gasteiger charge is -2.23. The molecule has 0 aliphatic carbocycles. The van der Waals surface area contributed by atoms with E-state index in [1.165, 1.54) is 0 Å². The summed E-state index contributed by atoms with van der Waals surface area (Å²) in [5, 5.41) is 0. The first-order valence-electron chi connectivity index (χ1n) is 6.57. The summed E-state index contributed by atoms with van der Waals surface area (Å²) >= 11 is 5.58. The average Bonchev–Trinajstić information content (AvgIpc) is 2.64. The molecule has 0 fully saturated rings. The Morgan fingerprint density at radius 3 is 2.50 bits per heavy atom. The smallest absolute Gasteiger partial charge is 0.299 e. The van der Waals surface area contributed by atoms with Crippen LogP contribution in [0.5, 0.6) is 0 Å². The fourth-order valence-corrected chi connectivity index (χ4v) is 4.00. The highest BCUT2D eigenvalue weighted by Gasteiger charge is 2.37. The van der Waals surface area contributed by atoms with Gasteiger partial charge in [0.1, 0.15) is 0 Å². The lowest BCUT2D eigenvalue weighted by atomic mass is 10.1. The number of ketones is 1. The van der Waals surface area contributed by atoms with Crippen molar-refractivity contribution in [3.8, 4) is 0 Å². The lowest BCUT2D eigenvalue weighted by Crippen LogP contribution is -2.38. The maximum Gasteiger partial charge on any atom is 0.299 e. The van der Waals surface area contributed by atoms with Crippen LogP contribution in [0, 0.1) is 3.57 Å². The van der Waals surface area contributed by atoms with Gasteiger partial charge >= 0.3 is 0 Å². The molecule has 1 heterocycles. The van der Waals surface area contributed by atoms with Crippen LogP contribution in [0.25, 0.3) is 0 Å². The minimum absolute atomic E-state index is 0.414. The summed E-state index contributed by atoms with van der Waals surface area (Å²) in [6.45, 7) is 7.38. The van der Waals surface area contributed by atoms with Gasteiger partial charge in [0, 0.05) is 21.1 Å². The second-order valence-corrected chi connectivity index (χ2v) is 6.69. The molecule has 0 atom stereocenters. The zero-order valence-electron chi connectivity index (χ0n) is 11.4. The standard InChI is InChI=1S/C14H16BrIN2O2/c1-3-17(4-2)5-6-18-11-8-9(16)7-10(15)12(11)13(19)14(18)20/h7-8H,3-6H2,1-2H3. The predicted molar refractivity (Wildman–Crippen MR) is 91.3 cm³/mol. The number of hydrogen-bond donors (Lipinski definition) is 0. The Kier molecular flexibility index (Phi) is 5.19. The lowest BCUT2D eigenvalue weighted by molar-refractivity contribution is -0.114. The highest BCUT2D eigenvalue weighted by Crippen LogP contribution is 2.36. The van der Waals surface area contributed by atoms with E-state index in [0.29, 0.717) is 16.6 Å². The molecule has 0 saturated carbocycles. The number of Topliss-reactive ketones (excluding diaryl/α,β-unsaturated/α-hetero) is 1. The van der Waals surface area contributed by atoms with Crippen molar-refractivity contribution in [2.75, 3.05) is 31.1 Å². The maximum atomic E-state index is 12.1. The highest BCUT2D eigenvalue weighted by molar-refractivity contribution is 14.1. The quantitative estimate of drug-likeness (QED) is 0.511. The van der Waals surface area contributed by atoms with E-state index in [2.05, 4.69) is 57.3 Å². The third kappa shape index (κ3) is 2.92. The Labute approximate surface area is 140 Å². The van der Waals surface area contributed by atoms with E-state index in [1.807, 2.05) is 12.1 Å². The summed E-state index contributed by atoms with van der Waals surface area (Å²) in [4.78, 5) is 28.1. The topological polar surface area (TPSA) is 40.6 Å². The first kappa shape index (κ1) is 15.9. The molecule has 0 unspecified atom stereocenters. The fourth-order valence-electron chi connectivity index (χ4n) is 2.34. The van der Waals surface area contributed by atoms with Crippen LogP contribution in [-0.2, 0) is 4.79 Å². The van der Waals surface area contributed by atoms with Crippen LogP contribution in [0.15, 0.2) is 16.6 Å². The Balaban J connectivity index is 2.29. The number of hydrogen-bond acceptors (Lipinski definition) is 3. The van der Waals surface area contributed by atoms with Crippen molar-refractivity contribution in [3.05, 3.63) is 25.7 Å². The van der Waals surface area contributed by atoms with Gasteiger partial charge in [0.05, 0.1) is 11.3 Å². The van der Waals surface area contributed by atoms with E-state index in [9.17, 15) is 9.59 Å². The van der Waals surface area contributed by atoms with Crippen LogP contribution in [0.1, 0.15) is 24.2 Å². The minimum atomic E-state index is -0.421. The van der Waals surface area contributed by atoms with Gasteiger partial charge in [-0.1, -0.05) is 13.8 Å². The Morgan fingerprint density at radius 2 is 1.90 bits per heavy atom. The number of fused-ring (bicyclic) bond motifs is 1. The van der Waals surface area contributed by atoms with Crippen LogP contribution >= 0.6 is 38.5 Å². The van der Waals surface area contributed by atoms with Crippen molar-refractivity contribution in [3.63, 3.8) is 0 Å². The number of likely N-dealkylation sites (N-methyl/N-ethyl adjacent to an activating group) is 1. The Hall–Kier alpha value is -0.470. The summed E-state index contributed by atoms with van der Waals surface area (Å²) in [6.07, 6.45) is 0. The molecule has 4 nitrogen and oxygen atoms in total. The molecular formula is C14H16BrIN2O2. The zero-order valence-corrected chi connectivity index (χ0v) is 15.2. The molecule has 6 heteroatoms. The zero-order chi connectivity index (χ0) is 14.9. The monoisotopic (exact) mass is 450 g/mol. The molecule has 0 saturated heterocycles. The summed E-state index contributed by atoms with van der Waals surface area (Å²) in [5.41, 5.74) is 1.22. The van der Waals surface area contributed by atoms with Gasteiger partial charge in [0.2, 0.25) is 0 Å². The molecule has 0 spiro atoms. The molecule has 108 valence electrons. The van der Waals surface area contributed by atoms with E-state index < -0.39 is 11.7 Å². The third-order valence-corrected chi connectivity index (χ3v) is 4.77. The predicted octanol–water partition coefficient (Wildman–Crippen LogP) is 2.92. The Morgan fingerprint density at radius 1 is 1.25 bits per heavy atom. The van der Waals surface area contributed by atoms with Crippen molar-refractivity contribution >= 4 is 55.9 Å². The van der Waals surface area contributed by atoms with Crippen LogP contribution in [0.4, 0.5) is 5.69 Å². The maximum absolute atomic E-state index is 12.1. The summed E-state index contributed by atoms with van der Waals surface area (Å²) in [5.74, 6) is -0.835. The molecule has 20 heavy (non-hydrogen) atoms. The molecule has 1 aromatic rings.